The summed E-state index contributed by atoms with van der Waals surface area (Å²) >= 11 is 5.14. The van der Waals surface area contributed by atoms with Gasteiger partial charge in [0, 0.05) is 11.4 Å². The Kier molecular flexibility index (Phi) is 5.58. The van der Waals surface area contributed by atoms with Gasteiger partial charge >= 0.3 is 5.97 Å². The third kappa shape index (κ3) is 4.44. The normalized spacial score (nSPS) is 10.4. The van der Waals surface area contributed by atoms with Gasteiger partial charge in [0.05, 0.1) is 27.8 Å². The molecule has 0 atom stereocenters. The number of pyridine rings is 1. The van der Waals surface area contributed by atoms with Gasteiger partial charge in [-0.1, -0.05) is 0 Å². The summed E-state index contributed by atoms with van der Waals surface area (Å²) in [5, 5.41) is 3.18. The molecule has 7 heteroatoms. The lowest BCUT2D eigenvalue weighted by atomic mass is 10.2. The number of nitrogens with one attached hydrogen (secondary N) is 1. The number of ether oxygens (including phenoxy) is 1. The topological polar surface area (TPSA) is 77.2 Å². The number of aromatic nitrogens is 1. The lowest BCUT2D eigenvalue weighted by Gasteiger charge is -2.09. The number of hydrogen-bond acceptors (Lipinski definition) is 6. The van der Waals surface area contributed by atoms with Crippen LogP contribution in [-0.4, -0.2) is 24.1 Å². The summed E-state index contributed by atoms with van der Waals surface area (Å²) in [5.74, 6) is 0.186. The van der Waals surface area contributed by atoms with Crippen LogP contribution in [0.3, 0.4) is 0 Å². The molecule has 2 rings (SSSR count). The molecule has 0 amide bonds. The molecule has 0 saturated heterocycles. The zero-order chi connectivity index (χ0) is 15.2. The van der Waals surface area contributed by atoms with Gasteiger partial charge in [0.15, 0.2) is 0 Å². The van der Waals surface area contributed by atoms with Crippen molar-refractivity contribution in [2.24, 2.45) is 0 Å². The van der Waals surface area contributed by atoms with Crippen molar-refractivity contribution in [2.45, 2.75) is 13.3 Å². The second-order valence-corrected chi connectivity index (χ2v) is 6.81. The zero-order valence-electron chi connectivity index (χ0n) is 11.6. The largest absolute Gasteiger partial charge is 0.462 e. The van der Waals surface area contributed by atoms with Crippen molar-refractivity contribution in [3.05, 3.63) is 38.6 Å². The van der Waals surface area contributed by atoms with E-state index in [0.717, 1.165) is 16.8 Å². The highest BCUT2D eigenvalue weighted by atomic mass is 79.9. The number of anilines is 2. The van der Waals surface area contributed by atoms with E-state index in [2.05, 4.69) is 32.3 Å². The molecule has 0 unspecified atom stereocenters. The fourth-order valence-corrected chi connectivity index (χ4v) is 3.23. The molecule has 0 bridgehead atoms. The Morgan fingerprint density at radius 3 is 3.00 bits per heavy atom. The predicted molar refractivity (Wildman–Crippen MR) is 88.8 cm³/mol. The molecule has 0 saturated carbocycles. The maximum absolute atomic E-state index is 11.8. The summed E-state index contributed by atoms with van der Waals surface area (Å²) < 4.78 is 6.08. The van der Waals surface area contributed by atoms with Gasteiger partial charge in [0.2, 0.25) is 0 Å². The Balaban J connectivity index is 1.97. The Bertz CT molecular complexity index is 630. The monoisotopic (exact) mass is 369 g/mol. The molecular formula is C14H16BrN3O2S. The third-order valence-corrected chi connectivity index (χ3v) is 4.42. The van der Waals surface area contributed by atoms with Gasteiger partial charge in [-0.05, 0) is 47.5 Å². The predicted octanol–water partition coefficient (Wildman–Crippen LogP) is 3.32. The Labute approximate surface area is 135 Å². The standard InChI is InChI=1S/C14H16BrN3O2S/c1-2-20-14(19)10-7-13(18-8-11(10)16)17-6-5-9-3-4-12(15)21-9/h3-4,7-8H,2,5-6,16H2,1H3,(H,17,18). The second-order valence-electron chi connectivity index (χ2n) is 4.26. The summed E-state index contributed by atoms with van der Waals surface area (Å²) in [6.45, 7) is 2.80. The molecular weight excluding hydrogens is 354 g/mol. The van der Waals surface area contributed by atoms with Crippen molar-refractivity contribution in [2.75, 3.05) is 24.2 Å². The number of nitrogen functional groups attached to an aromatic ring is 1. The van der Waals surface area contributed by atoms with Crippen molar-refractivity contribution in [1.82, 2.24) is 4.98 Å². The number of nitrogens with zero attached hydrogens (tertiary/aromatic N) is 1. The maximum atomic E-state index is 11.8. The number of hydrogen-bond donors (Lipinski definition) is 2. The van der Waals surface area contributed by atoms with E-state index < -0.39 is 5.97 Å². The highest BCUT2D eigenvalue weighted by molar-refractivity contribution is 9.11. The van der Waals surface area contributed by atoms with E-state index in [0.29, 0.717) is 23.7 Å². The molecule has 2 heterocycles. The van der Waals surface area contributed by atoms with Crippen molar-refractivity contribution < 1.29 is 9.53 Å². The van der Waals surface area contributed by atoms with Crippen LogP contribution in [0.5, 0.6) is 0 Å². The minimum absolute atomic E-state index is 0.316. The van der Waals surface area contributed by atoms with Crippen LogP contribution in [0.1, 0.15) is 22.2 Å². The fourth-order valence-electron chi connectivity index (χ4n) is 1.75. The first-order valence-corrected chi connectivity index (χ1v) is 8.12. The number of thiophene rings is 1. The first kappa shape index (κ1) is 15.8. The van der Waals surface area contributed by atoms with Crippen LogP contribution in [-0.2, 0) is 11.2 Å². The van der Waals surface area contributed by atoms with E-state index in [9.17, 15) is 4.79 Å². The summed E-state index contributed by atoms with van der Waals surface area (Å²) in [7, 11) is 0. The second kappa shape index (κ2) is 7.42. The Hall–Kier alpha value is -1.60. The lowest BCUT2D eigenvalue weighted by Crippen LogP contribution is -2.11. The van der Waals surface area contributed by atoms with Crippen molar-refractivity contribution in [3.63, 3.8) is 0 Å². The molecule has 0 aromatic carbocycles. The molecule has 112 valence electrons. The summed E-state index contributed by atoms with van der Waals surface area (Å²) in [6, 6.07) is 5.73. The number of rotatable bonds is 6. The maximum Gasteiger partial charge on any atom is 0.340 e. The molecule has 0 aliphatic heterocycles. The third-order valence-electron chi connectivity index (χ3n) is 2.74. The number of carbonyl (C=O) groups excluding carboxylic acids is 1. The van der Waals surface area contributed by atoms with Gasteiger partial charge < -0.3 is 15.8 Å². The molecule has 2 aromatic rings. The molecule has 0 aliphatic rings. The Morgan fingerprint density at radius 1 is 1.52 bits per heavy atom. The number of carbonyl (C=O) groups is 1. The lowest BCUT2D eigenvalue weighted by molar-refractivity contribution is 0.0527. The minimum atomic E-state index is -0.428. The van der Waals surface area contributed by atoms with Crippen LogP contribution in [0.2, 0.25) is 0 Å². The smallest absolute Gasteiger partial charge is 0.340 e. The number of nitrogens with two attached hydrogens (primary N) is 1. The van der Waals surface area contributed by atoms with Gasteiger partial charge in [-0.25, -0.2) is 9.78 Å². The number of esters is 1. The zero-order valence-corrected chi connectivity index (χ0v) is 14.0. The van der Waals surface area contributed by atoms with E-state index in [-0.39, 0.29) is 0 Å². The van der Waals surface area contributed by atoms with E-state index in [4.69, 9.17) is 10.5 Å². The molecule has 0 aliphatic carbocycles. The van der Waals surface area contributed by atoms with Gasteiger partial charge in [-0.3, -0.25) is 0 Å². The van der Waals surface area contributed by atoms with Crippen LogP contribution in [0.15, 0.2) is 28.2 Å². The van der Waals surface area contributed by atoms with Crippen LogP contribution in [0.25, 0.3) is 0 Å². The van der Waals surface area contributed by atoms with Gasteiger partial charge in [-0.15, -0.1) is 11.3 Å². The van der Waals surface area contributed by atoms with Gasteiger partial charge in [-0.2, -0.15) is 0 Å². The van der Waals surface area contributed by atoms with Crippen LogP contribution < -0.4 is 11.1 Å². The molecule has 0 spiro atoms. The van der Waals surface area contributed by atoms with Crippen LogP contribution >= 0.6 is 27.3 Å². The highest BCUT2D eigenvalue weighted by Crippen LogP contribution is 2.22. The van der Waals surface area contributed by atoms with Crippen molar-refractivity contribution in [1.29, 1.82) is 0 Å². The molecule has 21 heavy (non-hydrogen) atoms. The highest BCUT2D eigenvalue weighted by Gasteiger charge is 2.12. The summed E-state index contributed by atoms with van der Waals surface area (Å²) in [5.41, 5.74) is 6.41. The van der Waals surface area contributed by atoms with E-state index in [1.165, 1.54) is 11.1 Å². The molecule has 0 radical (unpaired) electrons. The molecule has 0 fully saturated rings. The summed E-state index contributed by atoms with van der Waals surface area (Å²) in [4.78, 5) is 17.2. The number of halogens is 1. The van der Waals surface area contributed by atoms with E-state index in [1.54, 1.807) is 24.3 Å². The quantitative estimate of drug-likeness (QED) is 0.763. The van der Waals surface area contributed by atoms with E-state index >= 15 is 0 Å². The minimum Gasteiger partial charge on any atom is -0.462 e. The first-order chi connectivity index (χ1) is 10.1. The summed E-state index contributed by atoms with van der Waals surface area (Å²) in [6.07, 6.45) is 2.35. The fraction of sp³-hybridized carbons (Fsp3) is 0.286. The van der Waals surface area contributed by atoms with Crippen molar-refractivity contribution >= 4 is 44.7 Å². The van der Waals surface area contributed by atoms with Crippen molar-refractivity contribution in [3.8, 4) is 0 Å². The Morgan fingerprint density at radius 2 is 2.33 bits per heavy atom. The van der Waals surface area contributed by atoms with Gasteiger partial charge in [0.25, 0.3) is 0 Å². The van der Waals surface area contributed by atoms with Gasteiger partial charge in [0.1, 0.15) is 5.82 Å². The first-order valence-electron chi connectivity index (χ1n) is 6.51. The van der Waals surface area contributed by atoms with Crippen LogP contribution in [0, 0.1) is 0 Å². The average molecular weight is 370 g/mol. The van der Waals surface area contributed by atoms with Crippen LogP contribution in [0.4, 0.5) is 11.5 Å². The SMILES string of the molecule is CCOC(=O)c1cc(NCCc2ccc(Br)s2)ncc1N. The average Bonchev–Trinajstić information content (AvgIpc) is 2.86. The molecule has 5 nitrogen and oxygen atoms in total. The van der Waals surface area contributed by atoms with E-state index in [1.807, 2.05) is 6.07 Å². The molecule has 3 N–H and O–H groups in total. The molecule has 2 aromatic heterocycles.